The molecule has 5 aromatic rings. The second-order valence-corrected chi connectivity index (χ2v) is 12.2. The van der Waals surface area contributed by atoms with Crippen molar-refractivity contribution in [1.82, 2.24) is 19.9 Å². The van der Waals surface area contributed by atoms with E-state index in [1.807, 2.05) is 38.1 Å². The molecule has 3 aromatic carbocycles. The lowest BCUT2D eigenvalue weighted by Crippen LogP contribution is -2.21. The van der Waals surface area contributed by atoms with Crippen LogP contribution in [0.5, 0.6) is 11.5 Å². The number of benzene rings is 3. The molecule has 0 atom stereocenters. The molecule has 0 radical (unpaired) electrons. The highest BCUT2D eigenvalue weighted by molar-refractivity contribution is 7.21. The molecule has 1 amide bonds. The Kier molecular flexibility index (Phi) is 8.14. The number of aryl methyl sites for hydroxylation is 3. The third-order valence-corrected chi connectivity index (χ3v) is 8.86. The van der Waals surface area contributed by atoms with Gasteiger partial charge in [0.2, 0.25) is 0 Å². The van der Waals surface area contributed by atoms with Gasteiger partial charge in [0.25, 0.3) is 5.91 Å². The lowest BCUT2D eigenvalue weighted by atomic mass is 10.0. The zero-order chi connectivity index (χ0) is 30.1. The fourth-order valence-electron chi connectivity index (χ4n) is 5.73. The van der Waals surface area contributed by atoms with Gasteiger partial charge in [-0.1, -0.05) is 17.7 Å². The highest BCUT2D eigenvalue weighted by atomic mass is 32.1. The monoisotopic (exact) mass is 596 g/mol. The number of nitrogens with one attached hydrogen (secondary N) is 1. The Morgan fingerprint density at radius 3 is 2.49 bits per heavy atom. The first-order valence-electron chi connectivity index (χ1n) is 14.6. The summed E-state index contributed by atoms with van der Waals surface area (Å²) in [6.07, 6.45) is 3.50. The number of rotatable bonds is 9. The van der Waals surface area contributed by atoms with E-state index < -0.39 is 0 Å². The summed E-state index contributed by atoms with van der Waals surface area (Å²) in [5.41, 5.74) is 12.4. The van der Waals surface area contributed by atoms with Crippen molar-refractivity contribution in [2.45, 2.75) is 40.0 Å². The Morgan fingerprint density at radius 2 is 1.74 bits per heavy atom. The average Bonchev–Trinajstić information content (AvgIpc) is 3.66. The maximum atomic E-state index is 13.2. The molecule has 9 nitrogen and oxygen atoms in total. The van der Waals surface area contributed by atoms with E-state index in [9.17, 15) is 4.79 Å². The van der Waals surface area contributed by atoms with Crippen molar-refractivity contribution >= 4 is 49.9 Å². The molecule has 222 valence electrons. The smallest absolute Gasteiger partial charge is 0.255 e. The van der Waals surface area contributed by atoms with E-state index in [0.29, 0.717) is 51.2 Å². The molecule has 1 aliphatic heterocycles. The molecule has 3 N–H and O–H groups in total. The third kappa shape index (κ3) is 6.11. The predicted molar refractivity (Wildman–Crippen MR) is 174 cm³/mol. The average molecular weight is 597 g/mol. The number of carbonyl (C=O) groups excluding carboxylic acids is 1. The standard InChI is InChI=1S/C33H36N6O3S/c1-19-14-20(2)29(21(3)15-19)37-32(40)22-8-9-24-28(16-22)43-33(36-24)31-35-25-18-27(26(41-4)17-23(25)30(34)38-31)42-13-7-12-39-10-5-6-11-39/h8-9,14-18H,5-7,10-13H2,1-4H3,(H,37,40)(H2,34,35,38). The molecule has 43 heavy (non-hydrogen) atoms. The molecular formula is C33H36N6O3S. The molecule has 0 saturated carbocycles. The highest BCUT2D eigenvalue weighted by Crippen LogP contribution is 2.36. The zero-order valence-corrected chi connectivity index (χ0v) is 25.8. The number of carbonyl (C=O) groups is 1. The lowest BCUT2D eigenvalue weighted by molar-refractivity contribution is 0.102. The van der Waals surface area contributed by atoms with Gasteiger partial charge in [0.15, 0.2) is 22.3 Å². The predicted octanol–water partition coefficient (Wildman–Crippen LogP) is 6.54. The van der Waals surface area contributed by atoms with Gasteiger partial charge < -0.3 is 25.4 Å². The molecule has 0 aliphatic carbocycles. The number of nitrogens with two attached hydrogens (primary N) is 1. The van der Waals surface area contributed by atoms with Crippen LogP contribution in [0.2, 0.25) is 0 Å². The number of anilines is 2. The first kappa shape index (κ1) is 28.8. The molecule has 6 rings (SSSR count). The number of amides is 1. The molecule has 1 saturated heterocycles. The molecule has 1 aliphatic rings. The van der Waals surface area contributed by atoms with Crippen molar-refractivity contribution < 1.29 is 14.3 Å². The molecule has 0 unspecified atom stereocenters. The molecule has 2 aromatic heterocycles. The van der Waals surface area contributed by atoms with Gasteiger partial charge in [0.1, 0.15) is 5.82 Å². The second kappa shape index (κ2) is 12.1. The molecule has 0 bridgehead atoms. The molecule has 1 fully saturated rings. The number of hydrogen-bond acceptors (Lipinski definition) is 9. The Hall–Kier alpha value is -4.28. The van der Waals surface area contributed by atoms with Crippen LogP contribution in [0, 0.1) is 20.8 Å². The molecule has 0 spiro atoms. The summed E-state index contributed by atoms with van der Waals surface area (Å²) in [5, 5.41) is 4.39. The maximum absolute atomic E-state index is 13.2. The summed E-state index contributed by atoms with van der Waals surface area (Å²) in [6, 6.07) is 13.3. The van der Waals surface area contributed by atoms with Crippen LogP contribution in [-0.2, 0) is 0 Å². The van der Waals surface area contributed by atoms with Gasteiger partial charge in [-0.15, -0.1) is 11.3 Å². The van der Waals surface area contributed by atoms with Crippen molar-refractivity contribution in [3.63, 3.8) is 0 Å². The van der Waals surface area contributed by atoms with Crippen LogP contribution in [0.25, 0.3) is 32.0 Å². The summed E-state index contributed by atoms with van der Waals surface area (Å²) < 4.78 is 12.6. The number of aromatic nitrogens is 3. The fraction of sp³-hybridized carbons (Fsp3) is 0.333. The number of thiazole rings is 1. The van der Waals surface area contributed by atoms with E-state index >= 15 is 0 Å². The summed E-state index contributed by atoms with van der Waals surface area (Å²) in [7, 11) is 1.61. The van der Waals surface area contributed by atoms with E-state index in [2.05, 4.69) is 34.3 Å². The van der Waals surface area contributed by atoms with Crippen LogP contribution in [0.4, 0.5) is 11.5 Å². The van der Waals surface area contributed by atoms with Crippen molar-refractivity contribution in [2.24, 2.45) is 0 Å². The van der Waals surface area contributed by atoms with E-state index in [-0.39, 0.29) is 5.91 Å². The van der Waals surface area contributed by atoms with Crippen LogP contribution >= 0.6 is 11.3 Å². The number of nitrogen functional groups attached to an aromatic ring is 1. The first-order valence-corrected chi connectivity index (χ1v) is 15.4. The second-order valence-electron chi connectivity index (χ2n) is 11.1. The maximum Gasteiger partial charge on any atom is 0.255 e. The minimum absolute atomic E-state index is 0.167. The third-order valence-electron chi connectivity index (χ3n) is 7.84. The number of nitrogens with zero attached hydrogens (tertiary/aromatic N) is 4. The summed E-state index contributed by atoms with van der Waals surface area (Å²) in [4.78, 5) is 29.8. The van der Waals surface area contributed by atoms with Gasteiger partial charge in [-0.3, -0.25) is 4.79 Å². The van der Waals surface area contributed by atoms with E-state index in [1.54, 1.807) is 13.2 Å². The van der Waals surface area contributed by atoms with Crippen LogP contribution < -0.4 is 20.5 Å². The number of ether oxygens (including phenoxy) is 2. The Morgan fingerprint density at radius 1 is 0.977 bits per heavy atom. The number of hydrogen-bond donors (Lipinski definition) is 2. The fourth-order valence-corrected chi connectivity index (χ4v) is 6.67. The Labute approximate surface area is 255 Å². The van der Waals surface area contributed by atoms with Crippen LogP contribution in [0.1, 0.15) is 46.3 Å². The minimum atomic E-state index is -0.167. The van der Waals surface area contributed by atoms with Gasteiger partial charge in [0.05, 0.1) is 29.5 Å². The van der Waals surface area contributed by atoms with Gasteiger partial charge >= 0.3 is 0 Å². The first-order chi connectivity index (χ1) is 20.8. The van der Waals surface area contributed by atoms with Crippen LogP contribution in [-0.4, -0.2) is 59.1 Å². The van der Waals surface area contributed by atoms with Crippen LogP contribution in [0.15, 0.2) is 42.5 Å². The largest absolute Gasteiger partial charge is 0.493 e. The molecular weight excluding hydrogens is 560 g/mol. The summed E-state index contributed by atoms with van der Waals surface area (Å²) in [5.74, 6) is 1.81. The Bertz CT molecular complexity index is 1810. The van der Waals surface area contributed by atoms with Crippen LogP contribution in [0.3, 0.4) is 0 Å². The number of likely N-dealkylation sites (tertiary alicyclic amines) is 1. The topological polar surface area (TPSA) is 115 Å². The highest BCUT2D eigenvalue weighted by Gasteiger charge is 2.18. The van der Waals surface area contributed by atoms with Gasteiger partial charge in [-0.2, -0.15) is 0 Å². The summed E-state index contributed by atoms with van der Waals surface area (Å²) >= 11 is 1.42. The summed E-state index contributed by atoms with van der Waals surface area (Å²) in [6.45, 7) is 10.0. The molecule has 10 heteroatoms. The van der Waals surface area contributed by atoms with Crippen molar-refractivity contribution in [2.75, 3.05) is 44.4 Å². The van der Waals surface area contributed by atoms with Gasteiger partial charge in [-0.05, 0) is 88.5 Å². The van der Waals surface area contributed by atoms with E-state index in [0.717, 1.165) is 40.0 Å². The number of fused-ring (bicyclic) bond motifs is 2. The number of methoxy groups -OCH3 is 1. The van der Waals surface area contributed by atoms with Crippen molar-refractivity contribution in [3.05, 3.63) is 64.7 Å². The Balaban J connectivity index is 1.24. The SMILES string of the molecule is COc1cc2c(N)nc(-c3nc4ccc(C(=O)Nc5c(C)cc(C)cc5C)cc4s3)nc2cc1OCCCN1CCCC1. The van der Waals surface area contributed by atoms with Gasteiger partial charge in [0, 0.05) is 29.2 Å². The van der Waals surface area contributed by atoms with Crippen molar-refractivity contribution in [3.8, 4) is 22.3 Å². The van der Waals surface area contributed by atoms with Gasteiger partial charge in [-0.25, -0.2) is 15.0 Å². The zero-order valence-electron chi connectivity index (χ0n) is 25.0. The quantitative estimate of drug-likeness (QED) is 0.184. The minimum Gasteiger partial charge on any atom is -0.493 e. The lowest BCUT2D eigenvalue weighted by Gasteiger charge is -2.16. The molecule has 3 heterocycles. The normalized spacial score (nSPS) is 13.6. The van der Waals surface area contributed by atoms with E-state index in [1.165, 1.54) is 42.8 Å². The van der Waals surface area contributed by atoms with E-state index in [4.69, 9.17) is 25.2 Å². The van der Waals surface area contributed by atoms with Crippen molar-refractivity contribution in [1.29, 1.82) is 0 Å².